The van der Waals surface area contributed by atoms with Crippen LogP contribution in [-0.2, 0) is 4.74 Å². The highest BCUT2D eigenvalue weighted by atomic mass is 16.5. The van der Waals surface area contributed by atoms with E-state index in [1.54, 1.807) is 6.92 Å². The molecule has 2 heterocycles. The SMILES string of the molecule is C[C@H]1O[C@@H](n2ccc(=O)[nH]c2=O)C[C@@H]1O. The highest BCUT2D eigenvalue weighted by Crippen LogP contribution is 2.26. The highest BCUT2D eigenvalue weighted by molar-refractivity contribution is 4.87. The number of aromatic nitrogens is 2. The van der Waals surface area contributed by atoms with Crippen LogP contribution in [0.3, 0.4) is 0 Å². The molecule has 0 spiro atoms. The lowest BCUT2D eigenvalue weighted by Crippen LogP contribution is -2.31. The van der Waals surface area contributed by atoms with Crippen LogP contribution in [0.2, 0.25) is 0 Å². The number of aromatic amines is 1. The summed E-state index contributed by atoms with van der Waals surface area (Å²) in [5.74, 6) is 0. The van der Waals surface area contributed by atoms with Gasteiger partial charge in [0.05, 0.1) is 12.2 Å². The molecule has 0 aliphatic carbocycles. The molecule has 2 rings (SSSR count). The van der Waals surface area contributed by atoms with Crippen LogP contribution in [0.4, 0.5) is 0 Å². The molecule has 0 amide bonds. The van der Waals surface area contributed by atoms with Gasteiger partial charge in [-0.3, -0.25) is 14.3 Å². The summed E-state index contributed by atoms with van der Waals surface area (Å²) in [5, 5.41) is 9.46. The van der Waals surface area contributed by atoms with Gasteiger partial charge in [-0.1, -0.05) is 0 Å². The van der Waals surface area contributed by atoms with Crippen LogP contribution in [0.5, 0.6) is 0 Å². The van der Waals surface area contributed by atoms with E-state index in [1.807, 2.05) is 0 Å². The van der Waals surface area contributed by atoms with Crippen LogP contribution in [0.15, 0.2) is 21.9 Å². The van der Waals surface area contributed by atoms with Crippen molar-refractivity contribution in [2.24, 2.45) is 0 Å². The van der Waals surface area contributed by atoms with E-state index in [0.29, 0.717) is 6.42 Å². The molecule has 6 nitrogen and oxygen atoms in total. The van der Waals surface area contributed by atoms with E-state index < -0.39 is 23.6 Å². The summed E-state index contributed by atoms with van der Waals surface area (Å²) >= 11 is 0. The normalized spacial score (nSPS) is 30.7. The molecule has 1 aliphatic rings. The van der Waals surface area contributed by atoms with E-state index in [-0.39, 0.29) is 6.10 Å². The number of ether oxygens (including phenoxy) is 1. The topological polar surface area (TPSA) is 84.3 Å². The second-order valence-electron chi connectivity index (χ2n) is 3.62. The van der Waals surface area contributed by atoms with Gasteiger partial charge in [-0.05, 0) is 6.92 Å². The van der Waals surface area contributed by atoms with Crippen LogP contribution in [0, 0.1) is 0 Å². The first kappa shape index (κ1) is 10.1. The Morgan fingerprint density at radius 3 is 2.87 bits per heavy atom. The van der Waals surface area contributed by atoms with Gasteiger partial charge in [0.15, 0.2) is 0 Å². The minimum atomic E-state index is -0.575. The summed E-state index contributed by atoms with van der Waals surface area (Å²) in [7, 11) is 0. The molecular weight excluding hydrogens is 200 g/mol. The van der Waals surface area contributed by atoms with E-state index in [0.717, 1.165) is 0 Å². The summed E-state index contributed by atoms with van der Waals surface area (Å²) in [6.45, 7) is 1.74. The number of nitrogens with one attached hydrogen (secondary N) is 1. The van der Waals surface area contributed by atoms with E-state index >= 15 is 0 Å². The van der Waals surface area contributed by atoms with Gasteiger partial charge >= 0.3 is 5.69 Å². The molecule has 1 aliphatic heterocycles. The van der Waals surface area contributed by atoms with Crippen LogP contribution in [0.1, 0.15) is 19.6 Å². The van der Waals surface area contributed by atoms with Gasteiger partial charge in [0, 0.05) is 18.7 Å². The number of H-pyrrole nitrogens is 1. The van der Waals surface area contributed by atoms with Crippen LogP contribution < -0.4 is 11.2 Å². The standard InChI is InChI=1S/C9H12N2O4/c1-5-6(12)4-8(15-5)11-3-2-7(13)10-9(11)14/h2-3,5-6,8,12H,4H2,1H3,(H,10,13,14)/t5-,6+,8-/m1/s1. The maximum atomic E-state index is 11.4. The quantitative estimate of drug-likeness (QED) is 0.638. The first-order valence-corrected chi connectivity index (χ1v) is 4.73. The Bertz CT molecular complexity index is 454. The molecule has 0 bridgehead atoms. The molecular formula is C9H12N2O4. The fourth-order valence-corrected chi connectivity index (χ4v) is 1.63. The van der Waals surface area contributed by atoms with Gasteiger partial charge in [0.1, 0.15) is 6.23 Å². The molecule has 1 aromatic rings. The molecule has 82 valence electrons. The monoisotopic (exact) mass is 212 g/mol. The summed E-state index contributed by atoms with van der Waals surface area (Å²) in [4.78, 5) is 24.3. The van der Waals surface area contributed by atoms with Crippen molar-refractivity contribution in [2.45, 2.75) is 31.8 Å². The highest BCUT2D eigenvalue weighted by Gasteiger charge is 2.32. The summed E-state index contributed by atoms with van der Waals surface area (Å²) in [6, 6.07) is 1.25. The molecule has 0 aromatic carbocycles. The Kier molecular flexibility index (Phi) is 2.45. The minimum absolute atomic E-state index is 0.297. The van der Waals surface area contributed by atoms with E-state index in [1.165, 1.54) is 16.8 Å². The second kappa shape index (κ2) is 3.63. The zero-order valence-electron chi connectivity index (χ0n) is 8.21. The lowest BCUT2D eigenvalue weighted by molar-refractivity contribution is -0.0101. The summed E-state index contributed by atoms with van der Waals surface area (Å²) in [5.41, 5.74) is -0.961. The van der Waals surface area contributed by atoms with Crippen molar-refractivity contribution in [1.82, 2.24) is 9.55 Å². The Labute approximate surface area is 85.1 Å². The Morgan fingerprint density at radius 1 is 1.60 bits per heavy atom. The van der Waals surface area contributed by atoms with E-state index in [4.69, 9.17) is 4.74 Å². The largest absolute Gasteiger partial charge is 0.390 e. The van der Waals surface area contributed by atoms with Crippen LogP contribution in [-0.4, -0.2) is 26.9 Å². The van der Waals surface area contributed by atoms with Crippen molar-refractivity contribution >= 4 is 0 Å². The van der Waals surface area contributed by atoms with E-state index in [9.17, 15) is 14.7 Å². The first-order valence-electron chi connectivity index (χ1n) is 4.73. The maximum Gasteiger partial charge on any atom is 0.330 e. The fourth-order valence-electron chi connectivity index (χ4n) is 1.63. The first-order chi connectivity index (χ1) is 7.08. The van der Waals surface area contributed by atoms with Gasteiger partial charge in [-0.2, -0.15) is 0 Å². The van der Waals surface area contributed by atoms with Crippen molar-refractivity contribution in [3.8, 4) is 0 Å². The Balaban J connectivity index is 2.32. The minimum Gasteiger partial charge on any atom is -0.390 e. The third-order valence-electron chi connectivity index (χ3n) is 2.52. The number of rotatable bonds is 1. The Hall–Kier alpha value is -1.40. The number of nitrogens with zero attached hydrogens (tertiary/aromatic N) is 1. The molecule has 3 atom stereocenters. The van der Waals surface area contributed by atoms with Crippen molar-refractivity contribution in [2.75, 3.05) is 0 Å². The molecule has 1 saturated heterocycles. The average Bonchev–Trinajstić information content (AvgIpc) is 2.46. The van der Waals surface area contributed by atoms with Crippen molar-refractivity contribution in [3.05, 3.63) is 33.1 Å². The molecule has 0 radical (unpaired) electrons. The van der Waals surface area contributed by atoms with Gasteiger partial charge in [-0.15, -0.1) is 0 Å². The molecule has 0 unspecified atom stereocenters. The molecule has 15 heavy (non-hydrogen) atoms. The van der Waals surface area contributed by atoms with Crippen molar-refractivity contribution < 1.29 is 9.84 Å². The van der Waals surface area contributed by atoms with Crippen LogP contribution in [0.25, 0.3) is 0 Å². The van der Waals surface area contributed by atoms with Crippen molar-refractivity contribution in [3.63, 3.8) is 0 Å². The van der Waals surface area contributed by atoms with Gasteiger partial charge in [-0.25, -0.2) is 4.79 Å². The number of aliphatic hydroxyl groups excluding tert-OH is 1. The lowest BCUT2D eigenvalue weighted by Gasteiger charge is -2.12. The lowest BCUT2D eigenvalue weighted by atomic mass is 10.2. The van der Waals surface area contributed by atoms with Gasteiger partial charge in [0.25, 0.3) is 5.56 Å². The number of hydrogen-bond acceptors (Lipinski definition) is 4. The van der Waals surface area contributed by atoms with Gasteiger partial charge in [0.2, 0.25) is 0 Å². The smallest absolute Gasteiger partial charge is 0.330 e. The molecule has 0 saturated carbocycles. The maximum absolute atomic E-state index is 11.4. The van der Waals surface area contributed by atoms with Crippen LogP contribution >= 0.6 is 0 Å². The van der Waals surface area contributed by atoms with E-state index in [2.05, 4.69) is 4.98 Å². The molecule has 2 N–H and O–H groups in total. The van der Waals surface area contributed by atoms with Crippen molar-refractivity contribution in [1.29, 1.82) is 0 Å². The summed E-state index contributed by atoms with van der Waals surface area (Å²) in [6.07, 6.45) is 0.353. The fraction of sp³-hybridized carbons (Fsp3) is 0.556. The third kappa shape index (κ3) is 1.86. The Morgan fingerprint density at radius 2 is 2.33 bits per heavy atom. The second-order valence-corrected chi connectivity index (χ2v) is 3.62. The predicted octanol–water partition coefficient (Wildman–Crippen LogP) is -0.795. The van der Waals surface area contributed by atoms with Gasteiger partial charge < -0.3 is 9.84 Å². The third-order valence-corrected chi connectivity index (χ3v) is 2.52. The molecule has 1 fully saturated rings. The summed E-state index contributed by atoms with van der Waals surface area (Å²) < 4.78 is 6.64. The predicted molar refractivity (Wildman–Crippen MR) is 51.5 cm³/mol. The zero-order valence-corrected chi connectivity index (χ0v) is 8.21. The average molecular weight is 212 g/mol. The molecule has 6 heteroatoms. The number of hydrogen-bond donors (Lipinski definition) is 2. The molecule has 1 aromatic heterocycles. The zero-order chi connectivity index (χ0) is 11.0. The number of aliphatic hydroxyl groups is 1.